The van der Waals surface area contributed by atoms with E-state index in [1.165, 1.54) is 20.0 Å². The molecule has 134 valence electrons. The molecule has 1 aromatic heterocycles. The van der Waals surface area contributed by atoms with Crippen molar-refractivity contribution in [3.05, 3.63) is 24.0 Å². The van der Waals surface area contributed by atoms with E-state index in [9.17, 15) is 9.59 Å². The van der Waals surface area contributed by atoms with Gasteiger partial charge in [-0.3, -0.25) is 4.79 Å². The van der Waals surface area contributed by atoms with Gasteiger partial charge in [-0.25, -0.2) is 4.79 Å². The SMILES string of the molecule is CCCCSCCC(=O)N1CCC(n2cccc2C(=O)OC)CC1. The van der Waals surface area contributed by atoms with E-state index in [0.29, 0.717) is 12.1 Å². The Morgan fingerprint density at radius 3 is 2.71 bits per heavy atom. The zero-order chi connectivity index (χ0) is 17.4. The fourth-order valence-corrected chi connectivity index (χ4v) is 4.07. The molecule has 0 atom stereocenters. The quantitative estimate of drug-likeness (QED) is 0.532. The van der Waals surface area contributed by atoms with E-state index in [1.807, 2.05) is 33.5 Å². The third-order valence-electron chi connectivity index (χ3n) is 4.49. The molecule has 0 aromatic carbocycles. The number of methoxy groups -OCH3 is 1. The highest BCUT2D eigenvalue weighted by molar-refractivity contribution is 7.99. The van der Waals surface area contributed by atoms with Crippen molar-refractivity contribution >= 4 is 23.6 Å². The maximum absolute atomic E-state index is 12.3. The van der Waals surface area contributed by atoms with Gasteiger partial charge < -0.3 is 14.2 Å². The lowest BCUT2D eigenvalue weighted by Gasteiger charge is -2.33. The van der Waals surface area contributed by atoms with Crippen molar-refractivity contribution in [2.24, 2.45) is 0 Å². The van der Waals surface area contributed by atoms with Crippen LogP contribution in [0.2, 0.25) is 0 Å². The predicted molar refractivity (Wildman–Crippen MR) is 97.5 cm³/mol. The van der Waals surface area contributed by atoms with Crippen molar-refractivity contribution in [1.29, 1.82) is 0 Å². The van der Waals surface area contributed by atoms with Gasteiger partial charge in [0.25, 0.3) is 0 Å². The number of carbonyl (C=O) groups excluding carboxylic acids is 2. The lowest BCUT2D eigenvalue weighted by Crippen LogP contribution is -2.39. The first kappa shape index (κ1) is 18.9. The van der Waals surface area contributed by atoms with Crippen LogP contribution in [-0.4, -0.2) is 53.0 Å². The van der Waals surface area contributed by atoms with Crippen LogP contribution in [0.5, 0.6) is 0 Å². The lowest BCUT2D eigenvalue weighted by molar-refractivity contribution is -0.132. The molecule has 1 fully saturated rings. The number of esters is 1. The number of rotatable bonds is 8. The minimum absolute atomic E-state index is 0.261. The Labute approximate surface area is 148 Å². The zero-order valence-electron chi connectivity index (χ0n) is 14.7. The molecule has 1 aliphatic rings. The van der Waals surface area contributed by atoms with E-state index < -0.39 is 0 Å². The number of likely N-dealkylation sites (tertiary alicyclic amines) is 1. The maximum atomic E-state index is 12.3. The molecule has 0 aliphatic carbocycles. The Kier molecular flexibility index (Phi) is 7.69. The van der Waals surface area contributed by atoms with Crippen molar-refractivity contribution in [2.75, 3.05) is 31.7 Å². The second-order valence-electron chi connectivity index (χ2n) is 6.12. The van der Waals surface area contributed by atoms with E-state index in [2.05, 4.69) is 6.92 Å². The Morgan fingerprint density at radius 2 is 2.04 bits per heavy atom. The molecule has 0 spiro atoms. The number of nitrogens with zero attached hydrogens (tertiary/aromatic N) is 2. The number of unbranched alkanes of at least 4 members (excludes halogenated alkanes) is 1. The summed E-state index contributed by atoms with van der Waals surface area (Å²) in [4.78, 5) is 26.0. The highest BCUT2D eigenvalue weighted by Crippen LogP contribution is 2.25. The molecule has 5 nitrogen and oxygen atoms in total. The summed E-state index contributed by atoms with van der Waals surface area (Å²) in [6.45, 7) is 3.72. The zero-order valence-corrected chi connectivity index (χ0v) is 15.5. The van der Waals surface area contributed by atoms with Crippen LogP contribution in [0, 0.1) is 0 Å². The van der Waals surface area contributed by atoms with Gasteiger partial charge >= 0.3 is 5.97 Å². The summed E-state index contributed by atoms with van der Waals surface area (Å²) < 4.78 is 6.83. The van der Waals surface area contributed by atoms with Gasteiger partial charge in [-0.05, 0) is 37.1 Å². The van der Waals surface area contributed by atoms with Crippen molar-refractivity contribution < 1.29 is 14.3 Å². The van der Waals surface area contributed by atoms with Crippen LogP contribution < -0.4 is 0 Å². The summed E-state index contributed by atoms with van der Waals surface area (Å²) in [6.07, 6.45) is 6.76. The molecule has 0 unspecified atom stereocenters. The van der Waals surface area contributed by atoms with Gasteiger partial charge in [0.15, 0.2) is 0 Å². The molecule has 0 bridgehead atoms. The van der Waals surface area contributed by atoms with Crippen molar-refractivity contribution in [3.8, 4) is 0 Å². The van der Waals surface area contributed by atoms with Crippen LogP contribution in [0.25, 0.3) is 0 Å². The fourth-order valence-electron chi connectivity index (χ4n) is 3.05. The number of ether oxygens (including phenoxy) is 1. The van der Waals surface area contributed by atoms with Crippen molar-refractivity contribution in [3.63, 3.8) is 0 Å². The standard InChI is InChI=1S/C18H28N2O3S/c1-3-4-13-24-14-9-17(21)19-11-7-15(8-12-19)20-10-5-6-16(20)18(22)23-2/h5-6,10,15H,3-4,7-9,11-14H2,1-2H3. The highest BCUT2D eigenvalue weighted by Gasteiger charge is 2.25. The first-order chi connectivity index (χ1) is 11.7. The summed E-state index contributed by atoms with van der Waals surface area (Å²) in [6, 6.07) is 3.92. The molecule has 6 heteroatoms. The fraction of sp³-hybridized carbons (Fsp3) is 0.667. The summed E-state index contributed by atoms with van der Waals surface area (Å²) in [7, 11) is 1.40. The number of hydrogen-bond donors (Lipinski definition) is 0. The number of aromatic nitrogens is 1. The molecular weight excluding hydrogens is 324 g/mol. The maximum Gasteiger partial charge on any atom is 0.354 e. The van der Waals surface area contributed by atoms with Crippen LogP contribution in [0.3, 0.4) is 0 Å². The van der Waals surface area contributed by atoms with E-state index in [-0.39, 0.29) is 17.9 Å². The van der Waals surface area contributed by atoms with Crippen molar-refractivity contribution in [2.45, 2.75) is 45.1 Å². The Morgan fingerprint density at radius 1 is 1.29 bits per heavy atom. The molecular formula is C18H28N2O3S. The largest absolute Gasteiger partial charge is 0.464 e. The van der Waals surface area contributed by atoms with Crippen LogP contribution in [0.1, 0.15) is 55.6 Å². The molecule has 1 aliphatic heterocycles. The average Bonchev–Trinajstić information content (AvgIpc) is 3.10. The molecule has 1 aromatic rings. The van der Waals surface area contributed by atoms with Gasteiger partial charge in [0.05, 0.1) is 7.11 Å². The van der Waals surface area contributed by atoms with Gasteiger partial charge in [-0.15, -0.1) is 0 Å². The molecule has 1 saturated heterocycles. The summed E-state index contributed by atoms with van der Waals surface area (Å²) in [5.41, 5.74) is 0.592. The minimum atomic E-state index is -0.303. The van der Waals surface area contributed by atoms with Crippen molar-refractivity contribution in [1.82, 2.24) is 9.47 Å². The van der Waals surface area contributed by atoms with E-state index in [1.54, 1.807) is 6.07 Å². The first-order valence-corrected chi connectivity index (χ1v) is 9.93. The molecule has 24 heavy (non-hydrogen) atoms. The Bertz CT molecular complexity index is 536. The van der Waals surface area contributed by atoms with Gasteiger partial charge in [0, 0.05) is 37.5 Å². The smallest absolute Gasteiger partial charge is 0.354 e. The van der Waals surface area contributed by atoms with Crippen LogP contribution >= 0.6 is 11.8 Å². The van der Waals surface area contributed by atoms with E-state index in [0.717, 1.165) is 37.4 Å². The average molecular weight is 353 g/mol. The normalized spacial score (nSPS) is 15.5. The predicted octanol–water partition coefficient (Wildman–Crippen LogP) is 3.36. The monoisotopic (exact) mass is 352 g/mol. The summed E-state index contributed by atoms with van der Waals surface area (Å²) in [5.74, 6) is 2.03. The summed E-state index contributed by atoms with van der Waals surface area (Å²) >= 11 is 1.87. The second-order valence-corrected chi connectivity index (χ2v) is 7.34. The van der Waals surface area contributed by atoms with E-state index in [4.69, 9.17) is 4.74 Å². The van der Waals surface area contributed by atoms with Crippen LogP contribution in [0.15, 0.2) is 18.3 Å². The van der Waals surface area contributed by atoms with E-state index >= 15 is 0 Å². The molecule has 1 amide bonds. The first-order valence-electron chi connectivity index (χ1n) is 8.78. The van der Waals surface area contributed by atoms with Gasteiger partial charge in [-0.2, -0.15) is 11.8 Å². The lowest BCUT2D eigenvalue weighted by atomic mass is 10.0. The third-order valence-corrected chi connectivity index (χ3v) is 5.56. The minimum Gasteiger partial charge on any atom is -0.464 e. The second kappa shape index (κ2) is 9.77. The van der Waals surface area contributed by atoms with Gasteiger partial charge in [0.1, 0.15) is 5.69 Å². The number of piperidine rings is 1. The number of carbonyl (C=O) groups is 2. The molecule has 0 N–H and O–H groups in total. The Hall–Kier alpha value is -1.43. The topological polar surface area (TPSA) is 51.5 Å². The molecule has 2 rings (SSSR count). The van der Waals surface area contributed by atoms with Gasteiger partial charge in [0.2, 0.25) is 5.91 Å². The van der Waals surface area contributed by atoms with Crippen LogP contribution in [-0.2, 0) is 9.53 Å². The number of thioether (sulfide) groups is 1. The van der Waals surface area contributed by atoms with Crippen LogP contribution in [0.4, 0.5) is 0 Å². The molecule has 2 heterocycles. The molecule has 0 saturated carbocycles. The number of amides is 1. The Balaban J connectivity index is 1.78. The number of hydrogen-bond acceptors (Lipinski definition) is 4. The summed E-state index contributed by atoms with van der Waals surface area (Å²) in [5, 5.41) is 0. The third kappa shape index (κ3) is 5.03. The highest BCUT2D eigenvalue weighted by atomic mass is 32.2. The van der Waals surface area contributed by atoms with Gasteiger partial charge in [-0.1, -0.05) is 13.3 Å². The molecule has 0 radical (unpaired) electrons.